The first-order valence-corrected chi connectivity index (χ1v) is 6.88. The van der Waals surface area contributed by atoms with Crippen LogP contribution in [0.1, 0.15) is 25.7 Å². The normalized spacial score (nSPS) is 48.8. The summed E-state index contributed by atoms with van der Waals surface area (Å²) in [5.74, 6) is 0. The molecule has 0 atom stereocenters. The Kier molecular flexibility index (Phi) is 1.96. The Morgan fingerprint density at radius 2 is 1.38 bits per heavy atom. The van der Waals surface area contributed by atoms with Gasteiger partial charge in [0.15, 0.2) is 0 Å². The van der Waals surface area contributed by atoms with Crippen LogP contribution in [0.2, 0.25) is 0 Å². The van der Waals surface area contributed by atoms with Crippen molar-refractivity contribution in [3.8, 4) is 0 Å². The third-order valence-corrected chi connectivity index (χ3v) is 5.31. The number of piperazine rings is 2. The van der Waals surface area contributed by atoms with Gasteiger partial charge in [0.05, 0.1) is 0 Å². The highest BCUT2D eigenvalue weighted by atomic mass is 15.6. The predicted molar refractivity (Wildman–Crippen MR) is 63.1 cm³/mol. The minimum Gasteiger partial charge on any atom is -0.295 e. The van der Waals surface area contributed by atoms with Gasteiger partial charge in [0, 0.05) is 39.3 Å². The van der Waals surface area contributed by atoms with Crippen LogP contribution in [0.3, 0.4) is 0 Å². The molecule has 4 heteroatoms. The SMILES string of the molecule is C1CCC23N4CCNC2(C1)NCCN3CC4. The first-order chi connectivity index (χ1) is 7.87. The lowest BCUT2D eigenvalue weighted by Gasteiger charge is -2.64. The van der Waals surface area contributed by atoms with Crippen LogP contribution in [0.4, 0.5) is 0 Å². The fourth-order valence-corrected chi connectivity index (χ4v) is 4.77. The molecule has 4 fully saturated rings. The molecule has 0 bridgehead atoms. The summed E-state index contributed by atoms with van der Waals surface area (Å²) < 4.78 is 0. The third kappa shape index (κ3) is 0.957. The van der Waals surface area contributed by atoms with E-state index >= 15 is 0 Å². The minimum atomic E-state index is 0.207. The van der Waals surface area contributed by atoms with Gasteiger partial charge in [0.1, 0.15) is 11.3 Å². The van der Waals surface area contributed by atoms with Crippen LogP contribution in [0.15, 0.2) is 0 Å². The fourth-order valence-electron chi connectivity index (χ4n) is 4.77. The number of nitrogens with zero attached hydrogens (tertiary/aromatic N) is 2. The summed E-state index contributed by atoms with van der Waals surface area (Å²) in [5, 5.41) is 7.67. The van der Waals surface area contributed by atoms with Crippen LogP contribution in [-0.4, -0.2) is 60.4 Å². The van der Waals surface area contributed by atoms with Gasteiger partial charge < -0.3 is 0 Å². The van der Waals surface area contributed by atoms with E-state index < -0.39 is 0 Å². The molecule has 3 saturated heterocycles. The van der Waals surface area contributed by atoms with Crippen LogP contribution in [0.5, 0.6) is 0 Å². The highest BCUT2D eigenvalue weighted by Crippen LogP contribution is 2.47. The number of nitrogens with one attached hydrogen (secondary N) is 2. The zero-order valence-corrected chi connectivity index (χ0v) is 9.97. The second-order valence-corrected chi connectivity index (χ2v) is 5.76. The summed E-state index contributed by atoms with van der Waals surface area (Å²) in [6, 6.07) is 0. The van der Waals surface area contributed by atoms with Gasteiger partial charge in [0.2, 0.25) is 0 Å². The van der Waals surface area contributed by atoms with Crippen molar-refractivity contribution in [3.63, 3.8) is 0 Å². The molecule has 16 heavy (non-hydrogen) atoms. The first-order valence-electron chi connectivity index (χ1n) is 6.88. The van der Waals surface area contributed by atoms with Crippen LogP contribution < -0.4 is 10.6 Å². The van der Waals surface area contributed by atoms with E-state index in [0.717, 1.165) is 13.1 Å². The largest absolute Gasteiger partial charge is 0.295 e. The number of rotatable bonds is 0. The van der Waals surface area contributed by atoms with Gasteiger partial charge in [0.25, 0.3) is 0 Å². The van der Waals surface area contributed by atoms with Crippen molar-refractivity contribution in [2.24, 2.45) is 0 Å². The van der Waals surface area contributed by atoms with E-state index in [0.29, 0.717) is 5.66 Å². The maximum absolute atomic E-state index is 3.83. The molecule has 4 aliphatic rings. The Balaban J connectivity index is 1.83. The van der Waals surface area contributed by atoms with Crippen LogP contribution in [0.25, 0.3) is 0 Å². The van der Waals surface area contributed by atoms with Gasteiger partial charge in [-0.3, -0.25) is 20.4 Å². The highest BCUT2D eigenvalue weighted by Gasteiger charge is 2.64. The second kappa shape index (κ2) is 3.19. The molecule has 1 aliphatic carbocycles. The van der Waals surface area contributed by atoms with E-state index in [2.05, 4.69) is 20.4 Å². The van der Waals surface area contributed by atoms with Gasteiger partial charge in [-0.25, -0.2) is 0 Å². The molecule has 4 nitrogen and oxygen atoms in total. The Morgan fingerprint density at radius 1 is 0.750 bits per heavy atom. The van der Waals surface area contributed by atoms with Crippen molar-refractivity contribution in [2.45, 2.75) is 37.0 Å². The van der Waals surface area contributed by atoms with Crippen molar-refractivity contribution in [1.29, 1.82) is 0 Å². The van der Waals surface area contributed by atoms with E-state index in [1.54, 1.807) is 0 Å². The van der Waals surface area contributed by atoms with Crippen LogP contribution >= 0.6 is 0 Å². The Hall–Kier alpha value is -0.160. The molecular weight excluding hydrogens is 200 g/mol. The lowest BCUT2D eigenvalue weighted by molar-refractivity contribution is -0.151. The zero-order valence-electron chi connectivity index (χ0n) is 9.97. The molecule has 0 amide bonds. The summed E-state index contributed by atoms with van der Waals surface area (Å²) in [4.78, 5) is 5.52. The summed E-state index contributed by atoms with van der Waals surface area (Å²) in [6.07, 6.45) is 5.44. The minimum absolute atomic E-state index is 0.207. The molecule has 3 heterocycles. The molecule has 1 saturated carbocycles. The standard InChI is InChI=1S/C12H22N4/c1-2-4-12-11(3-1)13-5-7-15(12)9-10-16(12)8-6-14-11/h13-14H,1-10H2. The van der Waals surface area contributed by atoms with Crippen LogP contribution in [0, 0.1) is 0 Å². The topological polar surface area (TPSA) is 30.5 Å². The van der Waals surface area contributed by atoms with Gasteiger partial charge in [-0.05, 0) is 19.3 Å². The van der Waals surface area contributed by atoms with Gasteiger partial charge in [-0.15, -0.1) is 0 Å². The van der Waals surface area contributed by atoms with Gasteiger partial charge in [-0.1, -0.05) is 6.42 Å². The molecular formula is C12H22N4. The molecule has 90 valence electrons. The Labute approximate surface area is 97.3 Å². The van der Waals surface area contributed by atoms with Gasteiger partial charge >= 0.3 is 0 Å². The van der Waals surface area contributed by atoms with E-state index in [9.17, 15) is 0 Å². The zero-order chi connectivity index (χ0) is 10.6. The summed E-state index contributed by atoms with van der Waals surface area (Å²) in [6.45, 7) is 7.35. The van der Waals surface area contributed by atoms with Crippen LogP contribution in [-0.2, 0) is 0 Å². The predicted octanol–water partition coefficient (Wildman–Crippen LogP) is -0.223. The summed E-state index contributed by atoms with van der Waals surface area (Å²) in [7, 11) is 0. The van der Waals surface area contributed by atoms with E-state index in [4.69, 9.17) is 0 Å². The molecule has 1 spiro atoms. The van der Waals surface area contributed by atoms with E-state index in [1.807, 2.05) is 0 Å². The first kappa shape index (κ1) is 9.83. The quantitative estimate of drug-likeness (QED) is 0.593. The third-order valence-electron chi connectivity index (χ3n) is 5.31. The molecule has 2 N–H and O–H groups in total. The van der Waals surface area contributed by atoms with E-state index in [1.165, 1.54) is 51.9 Å². The van der Waals surface area contributed by atoms with Crippen molar-refractivity contribution >= 4 is 0 Å². The second-order valence-electron chi connectivity index (χ2n) is 5.76. The van der Waals surface area contributed by atoms with Crippen molar-refractivity contribution in [2.75, 3.05) is 39.3 Å². The van der Waals surface area contributed by atoms with Gasteiger partial charge in [-0.2, -0.15) is 0 Å². The summed E-state index contributed by atoms with van der Waals surface area (Å²) >= 11 is 0. The smallest absolute Gasteiger partial charge is 0.106 e. The lowest BCUT2D eigenvalue weighted by Crippen LogP contribution is -2.85. The monoisotopic (exact) mass is 222 g/mol. The Bertz CT molecular complexity index is 280. The maximum atomic E-state index is 3.83. The van der Waals surface area contributed by atoms with Crippen molar-refractivity contribution in [3.05, 3.63) is 0 Å². The maximum Gasteiger partial charge on any atom is 0.106 e. The van der Waals surface area contributed by atoms with Crippen molar-refractivity contribution in [1.82, 2.24) is 20.4 Å². The average Bonchev–Trinajstić information content (AvgIpc) is 2.68. The Morgan fingerprint density at radius 3 is 2.06 bits per heavy atom. The molecule has 0 unspecified atom stereocenters. The number of hydrogen-bond acceptors (Lipinski definition) is 4. The molecule has 0 aromatic heterocycles. The number of hydrogen-bond donors (Lipinski definition) is 2. The average molecular weight is 222 g/mol. The fraction of sp³-hybridized carbons (Fsp3) is 1.00. The molecule has 4 rings (SSSR count). The molecule has 3 aliphatic heterocycles. The molecule has 0 radical (unpaired) electrons. The highest BCUT2D eigenvalue weighted by molar-refractivity contribution is 5.18. The van der Waals surface area contributed by atoms with E-state index in [-0.39, 0.29) is 5.66 Å². The molecule has 0 aromatic carbocycles. The van der Waals surface area contributed by atoms with Crippen molar-refractivity contribution < 1.29 is 0 Å². The lowest BCUT2D eigenvalue weighted by atomic mass is 9.74. The summed E-state index contributed by atoms with van der Waals surface area (Å²) in [5.41, 5.74) is 0.528. The molecule has 0 aromatic rings.